The number of aromatic hydroxyl groups is 1. The smallest absolute Gasteiger partial charge is 0.116 e. The van der Waals surface area contributed by atoms with E-state index in [4.69, 9.17) is 0 Å². The minimum atomic E-state index is 0.0548. The fourth-order valence-corrected chi connectivity index (χ4v) is 9.47. The van der Waals surface area contributed by atoms with Gasteiger partial charge in [-0.3, -0.25) is 0 Å². The van der Waals surface area contributed by atoms with Gasteiger partial charge in [0.2, 0.25) is 0 Å². The lowest BCUT2D eigenvalue weighted by molar-refractivity contribution is 0.282. The van der Waals surface area contributed by atoms with Gasteiger partial charge in [-0.25, -0.2) is 0 Å². The highest BCUT2D eigenvalue weighted by atomic mass is 16.3. The van der Waals surface area contributed by atoms with Gasteiger partial charge in [0.1, 0.15) is 5.75 Å². The highest BCUT2D eigenvalue weighted by Gasteiger charge is 2.12. The number of aliphatic hydroxyl groups excluding tert-OH is 1. The summed E-state index contributed by atoms with van der Waals surface area (Å²) in [6, 6.07) is 80.9. The van der Waals surface area contributed by atoms with Crippen LogP contribution in [0.4, 0.5) is 0 Å². The Kier molecular flexibility index (Phi) is 9.69. The molecule has 298 valence electrons. The molecule has 0 spiro atoms. The predicted molar refractivity (Wildman–Crippen MR) is 267 cm³/mol. The van der Waals surface area contributed by atoms with Crippen LogP contribution in [0, 0.1) is 0 Å². The number of phenolic OH excluding ortho intramolecular Hbond substituents is 1. The third kappa shape index (κ3) is 7.03. The molecular weight excluding hydrogens is 765 g/mol. The normalized spacial score (nSPS) is 11.4. The van der Waals surface area contributed by atoms with Gasteiger partial charge in [-0.05, 0) is 157 Å². The summed E-state index contributed by atoms with van der Waals surface area (Å²) >= 11 is 0. The summed E-state index contributed by atoms with van der Waals surface area (Å²) in [6.07, 6.45) is 0. The number of rotatable bonds is 5. The van der Waals surface area contributed by atoms with Crippen molar-refractivity contribution >= 4 is 64.6 Å². The van der Waals surface area contributed by atoms with E-state index < -0.39 is 0 Å². The minimum absolute atomic E-state index is 0.0548. The molecule has 12 rings (SSSR count). The van der Waals surface area contributed by atoms with Crippen molar-refractivity contribution in [2.24, 2.45) is 0 Å². The summed E-state index contributed by atoms with van der Waals surface area (Å²) < 4.78 is 0. The van der Waals surface area contributed by atoms with Crippen LogP contribution in [0.5, 0.6) is 5.75 Å². The molecule has 0 saturated carbocycles. The lowest BCUT2D eigenvalue weighted by Gasteiger charge is -2.12. The Morgan fingerprint density at radius 3 is 0.873 bits per heavy atom. The van der Waals surface area contributed by atoms with Crippen molar-refractivity contribution in [1.82, 2.24) is 0 Å². The summed E-state index contributed by atoms with van der Waals surface area (Å²) in [4.78, 5) is 0. The average molecular weight is 807 g/mol. The largest absolute Gasteiger partial charge is 0.508 e. The van der Waals surface area contributed by atoms with Crippen LogP contribution in [0.3, 0.4) is 0 Å². The first-order chi connectivity index (χ1) is 31.1. The summed E-state index contributed by atoms with van der Waals surface area (Å²) in [5, 5.41) is 34.8. The molecule has 0 bridgehead atoms. The molecular formula is C61H42O2. The molecule has 0 fully saturated rings. The molecule has 0 aliphatic carbocycles. The van der Waals surface area contributed by atoms with E-state index in [0.29, 0.717) is 0 Å². The van der Waals surface area contributed by atoms with Crippen LogP contribution in [-0.4, -0.2) is 10.2 Å². The Morgan fingerprint density at radius 1 is 0.222 bits per heavy atom. The molecule has 2 N–H and O–H groups in total. The first-order valence-corrected chi connectivity index (χ1v) is 21.5. The zero-order valence-corrected chi connectivity index (χ0v) is 34.5. The molecule has 0 aliphatic rings. The molecule has 63 heavy (non-hydrogen) atoms. The van der Waals surface area contributed by atoms with E-state index in [0.717, 1.165) is 27.8 Å². The Bertz CT molecular complexity index is 3620. The van der Waals surface area contributed by atoms with E-state index in [1.54, 1.807) is 12.1 Å². The van der Waals surface area contributed by atoms with Crippen molar-refractivity contribution in [3.05, 3.63) is 236 Å². The van der Waals surface area contributed by atoms with Crippen molar-refractivity contribution in [3.63, 3.8) is 0 Å². The van der Waals surface area contributed by atoms with Gasteiger partial charge in [0, 0.05) is 0 Å². The molecule has 0 radical (unpaired) electrons. The van der Waals surface area contributed by atoms with Gasteiger partial charge in [0.25, 0.3) is 0 Å². The molecule has 0 heterocycles. The van der Waals surface area contributed by atoms with Gasteiger partial charge < -0.3 is 10.2 Å². The minimum Gasteiger partial charge on any atom is -0.508 e. The third-order valence-corrected chi connectivity index (χ3v) is 12.5. The Balaban J connectivity index is 0.000000141. The van der Waals surface area contributed by atoms with Gasteiger partial charge in [0.15, 0.2) is 0 Å². The second kappa shape index (κ2) is 16.1. The third-order valence-electron chi connectivity index (χ3n) is 12.5. The van der Waals surface area contributed by atoms with Gasteiger partial charge in [0.05, 0.1) is 6.61 Å². The lowest BCUT2D eigenvalue weighted by Crippen LogP contribution is -1.87. The van der Waals surface area contributed by atoms with Gasteiger partial charge >= 0.3 is 0 Å². The van der Waals surface area contributed by atoms with E-state index in [-0.39, 0.29) is 12.4 Å². The zero-order valence-electron chi connectivity index (χ0n) is 34.5. The molecule has 0 aromatic heterocycles. The average Bonchev–Trinajstić information content (AvgIpc) is 3.36. The molecule has 0 saturated heterocycles. The zero-order chi connectivity index (χ0) is 42.3. The maximum atomic E-state index is 9.87. The van der Waals surface area contributed by atoms with Crippen LogP contribution in [0.1, 0.15) is 5.56 Å². The first-order valence-electron chi connectivity index (χ1n) is 21.5. The van der Waals surface area contributed by atoms with Gasteiger partial charge in [-0.2, -0.15) is 0 Å². The lowest BCUT2D eigenvalue weighted by atomic mass is 9.91. The fourth-order valence-electron chi connectivity index (χ4n) is 9.47. The highest BCUT2D eigenvalue weighted by molar-refractivity contribution is 6.27. The van der Waals surface area contributed by atoms with Gasteiger partial charge in [-0.1, -0.05) is 188 Å². The Labute approximate surface area is 366 Å². The van der Waals surface area contributed by atoms with Crippen LogP contribution in [0.2, 0.25) is 0 Å². The molecule has 0 aliphatic heterocycles. The molecule has 12 aromatic rings. The topological polar surface area (TPSA) is 40.5 Å². The van der Waals surface area contributed by atoms with Crippen LogP contribution >= 0.6 is 0 Å². The molecule has 0 unspecified atom stereocenters. The summed E-state index contributed by atoms with van der Waals surface area (Å²) in [5.41, 5.74) is 10.1. The van der Waals surface area contributed by atoms with Crippen molar-refractivity contribution in [3.8, 4) is 50.3 Å². The summed E-state index contributed by atoms with van der Waals surface area (Å²) in [7, 11) is 0. The first kappa shape index (κ1) is 37.9. The molecule has 12 aromatic carbocycles. The van der Waals surface area contributed by atoms with Crippen LogP contribution < -0.4 is 0 Å². The van der Waals surface area contributed by atoms with E-state index in [1.165, 1.54) is 86.9 Å². The van der Waals surface area contributed by atoms with Crippen molar-refractivity contribution in [2.75, 3.05) is 0 Å². The molecule has 2 nitrogen and oxygen atoms in total. The summed E-state index contributed by atoms with van der Waals surface area (Å²) in [5.74, 6) is 0.284. The number of hydrogen-bond acceptors (Lipinski definition) is 2. The van der Waals surface area contributed by atoms with Crippen LogP contribution in [0.25, 0.3) is 109 Å². The highest BCUT2D eigenvalue weighted by Crippen LogP contribution is 2.39. The quantitative estimate of drug-likeness (QED) is 0.170. The fraction of sp³-hybridized carbons (Fsp3) is 0.0164. The standard InChI is InChI=1S/C31H22O.C30H20O/c32-20-21-7-5-8-22(17-21)23-9-6-10-24(18-23)25-15-16-30-28-13-2-1-11-26(28)27-12-3-4-14-29(27)31(30)19-25;31-24-10-6-9-22(18-24)20-7-5-8-21(17-20)23-15-16-29-27-13-2-1-11-25(27)26-12-3-4-14-28(26)30(29)19-23/h1-19,32H,20H2;1-19,31H. The molecule has 2 heteroatoms. The maximum Gasteiger partial charge on any atom is 0.116 e. The van der Waals surface area contributed by atoms with Crippen molar-refractivity contribution in [2.45, 2.75) is 6.61 Å². The van der Waals surface area contributed by atoms with Crippen LogP contribution in [0.15, 0.2) is 231 Å². The van der Waals surface area contributed by atoms with Crippen LogP contribution in [-0.2, 0) is 6.61 Å². The maximum absolute atomic E-state index is 9.87. The monoisotopic (exact) mass is 806 g/mol. The Morgan fingerprint density at radius 2 is 0.508 bits per heavy atom. The summed E-state index contributed by atoms with van der Waals surface area (Å²) in [6.45, 7) is 0.0548. The van der Waals surface area contributed by atoms with E-state index in [9.17, 15) is 10.2 Å². The predicted octanol–water partition coefficient (Wildman–Crippen LogP) is 16.2. The molecule has 0 atom stereocenters. The number of fused-ring (bicyclic) bond motifs is 12. The number of phenols is 1. The SMILES string of the molecule is OCc1cccc(-c2cccc(-c3ccc4c5ccccc5c5ccccc5c4c3)c2)c1.Oc1cccc(-c2cccc(-c3ccc4c5ccccc5c5ccccc5c4c3)c2)c1. The number of hydrogen-bond donors (Lipinski definition) is 2. The number of aliphatic hydroxyl groups is 1. The van der Waals surface area contributed by atoms with E-state index >= 15 is 0 Å². The number of benzene rings is 12. The van der Waals surface area contributed by atoms with Crippen molar-refractivity contribution < 1.29 is 10.2 Å². The van der Waals surface area contributed by atoms with E-state index in [1.807, 2.05) is 24.3 Å². The second-order valence-electron chi connectivity index (χ2n) is 16.3. The van der Waals surface area contributed by atoms with Crippen molar-refractivity contribution in [1.29, 1.82) is 0 Å². The Hall–Kier alpha value is -8.04. The van der Waals surface area contributed by atoms with E-state index in [2.05, 4.69) is 194 Å². The second-order valence-corrected chi connectivity index (χ2v) is 16.3. The molecule has 0 amide bonds. The van der Waals surface area contributed by atoms with Gasteiger partial charge in [-0.15, -0.1) is 0 Å².